The molecule has 1 unspecified atom stereocenters. The maximum atomic E-state index is 12.0. The van der Waals surface area contributed by atoms with Gasteiger partial charge in [0.05, 0.1) is 0 Å². The number of nitrogens with zero attached hydrogens (tertiary/aromatic N) is 1. The second kappa shape index (κ2) is 10.3. The van der Waals surface area contributed by atoms with Gasteiger partial charge in [-0.2, -0.15) is 0 Å². The summed E-state index contributed by atoms with van der Waals surface area (Å²) in [6.45, 7) is 3.73. The minimum atomic E-state index is -0.109. The number of aliphatic hydroxyl groups excluding tert-OH is 1. The fourth-order valence-electron chi connectivity index (χ4n) is 3.29. The predicted molar refractivity (Wildman–Crippen MR) is 97.1 cm³/mol. The summed E-state index contributed by atoms with van der Waals surface area (Å²) in [7, 11) is 2.16. The Morgan fingerprint density at radius 1 is 1.25 bits per heavy atom. The number of amides is 2. The molecule has 0 saturated carbocycles. The largest absolute Gasteiger partial charge is 0.396 e. The smallest absolute Gasteiger partial charge is 0.314 e. The molecule has 24 heavy (non-hydrogen) atoms. The first-order valence-electron chi connectivity index (χ1n) is 9.05. The molecule has 1 fully saturated rings. The van der Waals surface area contributed by atoms with Crippen LogP contribution in [0.25, 0.3) is 0 Å². The molecule has 0 aliphatic carbocycles. The zero-order valence-electron chi connectivity index (χ0n) is 14.7. The van der Waals surface area contributed by atoms with Crippen LogP contribution in [-0.2, 0) is 0 Å². The fourth-order valence-corrected chi connectivity index (χ4v) is 3.29. The zero-order chi connectivity index (χ0) is 17.2. The lowest BCUT2D eigenvalue weighted by molar-refractivity contribution is 0.209. The van der Waals surface area contributed by atoms with Crippen LogP contribution >= 0.6 is 0 Å². The van der Waals surface area contributed by atoms with Crippen LogP contribution in [0.3, 0.4) is 0 Å². The number of nitrogens with one attached hydrogen (secondary N) is 2. The van der Waals surface area contributed by atoms with Crippen molar-refractivity contribution in [2.75, 3.05) is 39.8 Å². The number of hydrogen-bond donors (Lipinski definition) is 3. The highest BCUT2D eigenvalue weighted by molar-refractivity contribution is 5.73. The topological polar surface area (TPSA) is 64.6 Å². The van der Waals surface area contributed by atoms with Gasteiger partial charge in [-0.1, -0.05) is 30.3 Å². The number of aliphatic hydroxyl groups is 1. The SMILES string of the molecule is CN1CCC(CCNC(=O)NCC(CCO)c2ccccc2)CC1. The Labute approximate surface area is 145 Å². The summed E-state index contributed by atoms with van der Waals surface area (Å²) in [6.07, 6.45) is 4.17. The van der Waals surface area contributed by atoms with Crippen molar-refractivity contribution < 1.29 is 9.90 Å². The first-order valence-corrected chi connectivity index (χ1v) is 9.05. The van der Waals surface area contributed by atoms with E-state index in [2.05, 4.69) is 22.6 Å². The Hall–Kier alpha value is -1.59. The van der Waals surface area contributed by atoms with Gasteiger partial charge in [0, 0.05) is 25.6 Å². The summed E-state index contributed by atoms with van der Waals surface area (Å²) in [5, 5.41) is 15.1. The Morgan fingerprint density at radius 2 is 1.96 bits per heavy atom. The van der Waals surface area contributed by atoms with Gasteiger partial charge in [-0.3, -0.25) is 0 Å². The molecule has 1 aliphatic rings. The second-order valence-electron chi connectivity index (χ2n) is 6.79. The Balaban J connectivity index is 1.66. The van der Waals surface area contributed by atoms with Gasteiger partial charge in [0.15, 0.2) is 0 Å². The van der Waals surface area contributed by atoms with Crippen LogP contribution in [0.4, 0.5) is 4.79 Å². The molecular weight excluding hydrogens is 302 g/mol. The van der Waals surface area contributed by atoms with Crippen molar-refractivity contribution in [3.8, 4) is 0 Å². The van der Waals surface area contributed by atoms with E-state index in [0.29, 0.717) is 13.0 Å². The lowest BCUT2D eigenvalue weighted by Crippen LogP contribution is -2.39. The summed E-state index contributed by atoms with van der Waals surface area (Å²) < 4.78 is 0. The van der Waals surface area contributed by atoms with Crippen LogP contribution in [0.2, 0.25) is 0 Å². The highest BCUT2D eigenvalue weighted by atomic mass is 16.3. The highest BCUT2D eigenvalue weighted by Crippen LogP contribution is 2.19. The van der Waals surface area contributed by atoms with E-state index < -0.39 is 0 Å². The molecule has 5 heteroatoms. The lowest BCUT2D eigenvalue weighted by atomic mass is 9.94. The Morgan fingerprint density at radius 3 is 2.62 bits per heavy atom. The molecule has 0 aromatic heterocycles. The summed E-state index contributed by atoms with van der Waals surface area (Å²) in [5.41, 5.74) is 1.15. The first kappa shape index (κ1) is 18.7. The minimum Gasteiger partial charge on any atom is -0.396 e. The van der Waals surface area contributed by atoms with Crippen molar-refractivity contribution in [2.24, 2.45) is 5.92 Å². The first-order chi connectivity index (χ1) is 11.7. The van der Waals surface area contributed by atoms with E-state index in [9.17, 15) is 9.90 Å². The Bertz CT molecular complexity index is 473. The average molecular weight is 333 g/mol. The van der Waals surface area contributed by atoms with Gasteiger partial charge >= 0.3 is 6.03 Å². The van der Waals surface area contributed by atoms with Crippen LogP contribution in [0.15, 0.2) is 30.3 Å². The normalized spacial score (nSPS) is 17.4. The van der Waals surface area contributed by atoms with Gasteiger partial charge in [0.2, 0.25) is 0 Å². The minimum absolute atomic E-state index is 0.109. The van der Waals surface area contributed by atoms with Crippen LogP contribution in [0, 0.1) is 5.92 Å². The number of likely N-dealkylation sites (tertiary alicyclic amines) is 1. The van der Waals surface area contributed by atoms with Gasteiger partial charge in [-0.15, -0.1) is 0 Å². The molecular formula is C19H31N3O2. The molecule has 2 rings (SSSR count). The van der Waals surface area contributed by atoms with Crippen LogP contribution in [0.1, 0.15) is 37.2 Å². The molecule has 1 saturated heterocycles. The second-order valence-corrected chi connectivity index (χ2v) is 6.79. The molecule has 3 N–H and O–H groups in total. The van der Waals surface area contributed by atoms with E-state index in [4.69, 9.17) is 0 Å². The molecule has 1 aliphatic heterocycles. The van der Waals surface area contributed by atoms with Gasteiger partial charge < -0.3 is 20.6 Å². The number of benzene rings is 1. The van der Waals surface area contributed by atoms with Gasteiger partial charge in [0.1, 0.15) is 0 Å². The maximum Gasteiger partial charge on any atom is 0.314 e. The van der Waals surface area contributed by atoms with E-state index >= 15 is 0 Å². The average Bonchev–Trinajstić information content (AvgIpc) is 2.61. The van der Waals surface area contributed by atoms with E-state index in [1.54, 1.807) is 0 Å². The van der Waals surface area contributed by atoms with E-state index in [-0.39, 0.29) is 18.6 Å². The van der Waals surface area contributed by atoms with Crippen molar-refractivity contribution in [3.05, 3.63) is 35.9 Å². The molecule has 1 aromatic carbocycles. The lowest BCUT2D eigenvalue weighted by Gasteiger charge is -2.28. The predicted octanol–water partition coefficient (Wildman–Crippen LogP) is 2.18. The summed E-state index contributed by atoms with van der Waals surface area (Å²) in [4.78, 5) is 14.3. The summed E-state index contributed by atoms with van der Waals surface area (Å²) in [6, 6.07) is 9.92. The Kier molecular flexibility index (Phi) is 8.05. The van der Waals surface area contributed by atoms with Crippen LogP contribution in [-0.4, -0.2) is 55.9 Å². The number of carbonyl (C=O) groups is 1. The van der Waals surface area contributed by atoms with Gasteiger partial charge in [0.25, 0.3) is 0 Å². The summed E-state index contributed by atoms with van der Waals surface area (Å²) >= 11 is 0. The van der Waals surface area contributed by atoms with Gasteiger partial charge in [-0.25, -0.2) is 4.79 Å². The van der Waals surface area contributed by atoms with Crippen molar-refractivity contribution in [2.45, 2.75) is 31.6 Å². The third-order valence-corrected chi connectivity index (χ3v) is 4.93. The molecule has 2 amide bonds. The summed E-state index contributed by atoms with van der Waals surface area (Å²) in [5.74, 6) is 0.879. The van der Waals surface area contributed by atoms with E-state index in [1.165, 1.54) is 12.8 Å². The molecule has 134 valence electrons. The van der Waals surface area contributed by atoms with Crippen molar-refractivity contribution >= 4 is 6.03 Å². The van der Waals surface area contributed by atoms with Crippen LogP contribution in [0.5, 0.6) is 0 Å². The highest BCUT2D eigenvalue weighted by Gasteiger charge is 2.17. The zero-order valence-corrected chi connectivity index (χ0v) is 14.7. The number of carbonyl (C=O) groups excluding carboxylic acids is 1. The van der Waals surface area contributed by atoms with Crippen molar-refractivity contribution in [3.63, 3.8) is 0 Å². The molecule has 0 radical (unpaired) electrons. The maximum absolute atomic E-state index is 12.0. The molecule has 1 heterocycles. The standard InChI is InChI=1S/C19H31N3O2/c1-22-12-8-16(9-13-22)7-11-20-19(24)21-15-18(10-14-23)17-5-3-2-4-6-17/h2-6,16,18,23H,7-15H2,1H3,(H2,20,21,24). The number of hydrogen-bond acceptors (Lipinski definition) is 3. The molecule has 0 spiro atoms. The molecule has 1 aromatic rings. The number of rotatable bonds is 8. The van der Waals surface area contributed by atoms with Gasteiger partial charge in [-0.05, 0) is 57.3 Å². The van der Waals surface area contributed by atoms with Crippen molar-refractivity contribution in [1.82, 2.24) is 15.5 Å². The fraction of sp³-hybridized carbons (Fsp3) is 0.632. The van der Waals surface area contributed by atoms with E-state index in [1.807, 2.05) is 30.3 Å². The van der Waals surface area contributed by atoms with Crippen LogP contribution < -0.4 is 10.6 Å². The number of piperidine rings is 1. The van der Waals surface area contributed by atoms with Crippen molar-refractivity contribution in [1.29, 1.82) is 0 Å². The molecule has 1 atom stereocenters. The quantitative estimate of drug-likeness (QED) is 0.683. The third kappa shape index (κ3) is 6.49. The third-order valence-electron chi connectivity index (χ3n) is 4.93. The monoisotopic (exact) mass is 333 g/mol. The molecule has 0 bridgehead atoms. The van der Waals surface area contributed by atoms with E-state index in [0.717, 1.165) is 37.5 Å². The number of urea groups is 1. The molecule has 5 nitrogen and oxygen atoms in total.